The Bertz CT molecular complexity index is 354. The topological polar surface area (TPSA) is 21.3 Å². The number of rotatable bonds is 6. The van der Waals surface area contributed by atoms with Crippen molar-refractivity contribution in [1.29, 1.82) is 0 Å². The van der Waals surface area contributed by atoms with Crippen LogP contribution in [0.4, 0.5) is 0 Å². The largest absolute Gasteiger partial charge is 0.491 e. The predicted molar refractivity (Wildman–Crippen MR) is 78.1 cm³/mol. The van der Waals surface area contributed by atoms with Gasteiger partial charge in [-0.2, -0.15) is 0 Å². The Morgan fingerprint density at radius 3 is 2.11 bits per heavy atom. The fourth-order valence-corrected chi connectivity index (χ4v) is 1.88. The third kappa shape index (κ3) is 4.69. The summed E-state index contributed by atoms with van der Waals surface area (Å²) in [4.78, 5) is 0. The molecule has 2 nitrogen and oxygen atoms in total. The lowest BCUT2D eigenvalue weighted by Crippen LogP contribution is -2.40. The van der Waals surface area contributed by atoms with E-state index in [1.54, 1.807) is 0 Å². The van der Waals surface area contributed by atoms with Gasteiger partial charge in [-0.05, 0) is 58.7 Å². The monoisotopic (exact) mass is 249 g/mol. The van der Waals surface area contributed by atoms with Gasteiger partial charge in [-0.1, -0.05) is 19.1 Å². The van der Waals surface area contributed by atoms with Crippen LogP contribution in [0, 0.1) is 0 Å². The van der Waals surface area contributed by atoms with Crippen LogP contribution in [-0.2, 0) is 0 Å². The summed E-state index contributed by atoms with van der Waals surface area (Å²) in [5, 5.41) is 3.64. The van der Waals surface area contributed by atoms with Crippen molar-refractivity contribution in [3.05, 3.63) is 29.8 Å². The Kier molecular flexibility index (Phi) is 5.21. The van der Waals surface area contributed by atoms with Gasteiger partial charge in [0.1, 0.15) is 5.75 Å². The molecule has 1 unspecified atom stereocenters. The van der Waals surface area contributed by atoms with Gasteiger partial charge in [0, 0.05) is 11.6 Å². The molecule has 1 rings (SSSR count). The molecule has 102 valence electrons. The summed E-state index contributed by atoms with van der Waals surface area (Å²) in [7, 11) is 0. The highest BCUT2D eigenvalue weighted by Crippen LogP contribution is 2.21. The van der Waals surface area contributed by atoms with Gasteiger partial charge in [-0.3, -0.25) is 0 Å². The van der Waals surface area contributed by atoms with E-state index in [0.29, 0.717) is 6.04 Å². The third-order valence-electron chi connectivity index (χ3n) is 3.24. The molecule has 0 amide bonds. The van der Waals surface area contributed by atoms with E-state index < -0.39 is 0 Å². The van der Waals surface area contributed by atoms with Gasteiger partial charge >= 0.3 is 0 Å². The van der Waals surface area contributed by atoms with Crippen LogP contribution < -0.4 is 10.1 Å². The van der Waals surface area contributed by atoms with E-state index in [2.05, 4.69) is 45.1 Å². The van der Waals surface area contributed by atoms with Crippen molar-refractivity contribution in [3.8, 4) is 5.75 Å². The Hall–Kier alpha value is -1.02. The summed E-state index contributed by atoms with van der Waals surface area (Å²) >= 11 is 0. The minimum atomic E-state index is 0.173. The molecule has 1 aromatic carbocycles. The third-order valence-corrected chi connectivity index (χ3v) is 3.24. The van der Waals surface area contributed by atoms with Crippen molar-refractivity contribution in [3.63, 3.8) is 0 Å². The van der Waals surface area contributed by atoms with Gasteiger partial charge in [0.25, 0.3) is 0 Å². The van der Waals surface area contributed by atoms with Crippen LogP contribution >= 0.6 is 0 Å². The van der Waals surface area contributed by atoms with Crippen molar-refractivity contribution in [2.75, 3.05) is 0 Å². The van der Waals surface area contributed by atoms with Crippen molar-refractivity contribution in [1.82, 2.24) is 5.32 Å². The lowest BCUT2D eigenvalue weighted by atomic mass is 9.98. The Balaban J connectivity index is 2.67. The molecule has 18 heavy (non-hydrogen) atoms. The normalized spacial score (nSPS) is 13.7. The average Bonchev–Trinajstić information content (AvgIpc) is 2.28. The first-order valence-corrected chi connectivity index (χ1v) is 6.88. The second kappa shape index (κ2) is 6.24. The zero-order valence-electron chi connectivity index (χ0n) is 12.6. The quantitative estimate of drug-likeness (QED) is 0.811. The first-order valence-electron chi connectivity index (χ1n) is 6.88. The van der Waals surface area contributed by atoms with Gasteiger partial charge < -0.3 is 10.1 Å². The van der Waals surface area contributed by atoms with E-state index in [4.69, 9.17) is 4.74 Å². The Morgan fingerprint density at radius 1 is 1.11 bits per heavy atom. The molecule has 2 heteroatoms. The van der Waals surface area contributed by atoms with Crippen molar-refractivity contribution in [2.24, 2.45) is 0 Å². The van der Waals surface area contributed by atoms with Gasteiger partial charge in [0.2, 0.25) is 0 Å². The molecule has 0 aliphatic rings. The fraction of sp³-hybridized carbons (Fsp3) is 0.625. The maximum Gasteiger partial charge on any atom is 0.119 e. The number of hydrogen-bond acceptors (Lipinski definition) is 2. The minimum Gasteiger partial charge on any atom is -0.491 e. The highest BCUT2D eigenvalue weighted by molar-refractivity contribution is 5.29. The second-order valence-corrected chi connectivity index (χ2v) is 5.84. The molecule has 1 atom stereocenters. The number of hydrogen-bond donors (Lipinski definition) is 1. The number of benzene rings is 1. The number of ether oxygens (including phenoxy) is 1. The Labute approximate surface area is 112 Å². The molecule has 0 heterocycles. The summed E-state index contributed by atoms with van der Waals surface area (Å²) in [6.07, 6.45) is 1.34. The summed E-state index contributed by atoms with van der Waals surface area (Å²) in [6, 6.07) is 8.73. The first-order chi connectivity index (χ1) is 8.34. The van der Waals surface area contributed by atoms with Crippen LogP contribution in [0.2, 0.25) is 0 Å². The highest BCUT2D eigenvalue weighted by Gasteiger charge is 2.18. The van der Waals surface area contributed by atoms with Crippen molar-refractivity contribution in [2.45, 2.75) is 65.6 Å². The van der Waals surface area contributed by atoms with E-state index in [0.717, 1.165) is 12.2 Å². The number of nitrogens with one attached hydrogen (secondary N) is 1. The van der Waals surface area contributed by atoms with Crippen LogP contribution in [0.5, 0.6) is 5.75 Å². The van der Waals surface area contributed by atoms with Gasteiger partial charge in [0.15, 0.2) is 0 Å². The van der Waals surface area contributed by atoms with Gasteiger partial charge in [0.05, 0.1) is 6.10 Å². The maximum absolute atomic E-state index is 5.65. The first kappa shape index (κ1) is 15.0. The molecule has 0 aromatic heterocycles. The molecule has 1 aromatic rings. The van der Waals surface area contributed by atoms with Crippen molar-refractivity contribution >= 4 is 0 Å². The molecular formula is C16H27NO. The van der Waals surface area contributed by atoms with Gasteiger partial charge in [-0.25, -0.2) is 0 Å². The summed E-state index contributed by atoms with van der Waals surface area (Å²) in [6.45, 7) is 13.0. The molecule has 1 N–H and O–H groups in total. The van der Waals surface area contributed by atoms with Crippen LogP contribution in [0.25, 0.3) is 0 Å². The smallest absolute Gasteiger partial charge is 0.119 e. The molecule has 0 spiro atoms. The highest BCUT2D eigenvalue weighted by atomic mass is 16.5. The molecule has 0 aliphatic carbocycles. The molecule has 0 radical (unpaired) electrons. The fourth-order valence-electron chi connectivity index (χ4n) is 1.88. The van der Waals surface area contributed by atoms with Crippen molar-refractivity contribution < 1.29 is 4.74 Å². The lowest BCUT2D eigenvalue weighted by molar-refractivity contribution is 0.242. The van der Waals surface area contributed by atoms with E-state index >= 15 is 0 Å². The van der Waals surface area contributed by atoms with E-state index in [1.807, 2.05) is 26.0 Å². The zero-order chi connectivity index (χ0) is 13.8. The standard InChI is InChI=1S/C16H27NO/c1-7-16(5,6)17-13(4)14-8-10-15(11-9-14)18-12(2)3/h8-13,17H,7H2,1-6H3. The van der Waals surface area contributed by atoms with E-state index in [9.17, 15) is 0 Å². The maximum atomic E-state index is 5.65. The van der Waals surface area contributed by atoms with Crippen LogP contribution in [0.3, 0.4) is 0 Å². The summed E-state index contributed by atoms with van der Waals surface area (Å²) in [5.74, 6) is 0.940. The van der Waals surface area contributed by atoms with E-state index in [-0.39, 0.29) is 11.6 Å². The molecule has 0 saturated heterocycles. The molecule has 0 aliphatic heterocycles. The summed E-state index contributed by atoms with van der Waals surface area (Å²) < 4.78 is 5.65. The second-order valence-electron chi connectivity index (χ2n) is 5.84. The lowest BCUT2D eigenvalue weighted by Gasteiger charge is -2.29. The summed E-state index contributed by atoms with van der Waals surface area (Å²) in [5.41, 5.74) is 1.47. The minimum absolute atomic E-state index is 0.173. The SMILES string of the molecule is CCC(C)(C)NC(C)c1ccc(OC(C)C)cc1. The van der Waals surface area contributed by atoms with E-state index in [1.165, 1.54) is 5.56 Å². The van der Waals surface area contributed by atoms with Crippen LogP contribution in [-0.4, -0.2) is 11.6 Å². The molecule has 0 saturated carbocycles. The average molecular weight is 249 g/mol. The Morgan fingerprint density at radius 2 is 1.67 bits per heavy atom. The molecule has 0 fully saturated rings. The molecule has 0 bridgehead atoms. The van der Waals surface area contributed by atoms with Crippen LogP contribution in [0.1, 0.15) is 59.6 Å². The van der Waals surface area contributed by atoms with Crippen LogP contribution in [0.15, 0.2) is 24.3 Å². The van der Waals surface area contributed by atoms with Gasteiger partial charge in [-0.15, -0.1) is 0 Å². The zero-order valence-corrected chi connectivity index (χ0v) is 12.6. The molecular weight excluding hydrogens is 222 g/mol. The predicted octanol–water partition coefficient (Wildman–Crippen LogP) is 4.31.